The summed E-state index contributed by atoms with van der Waals surface area (Å²) < 4.78 is 13.6. The number of carbonyl (C=O) groups is 2. The molecule has 6 nitrogen and oxygen atoms in total. The van der Waals surface area contributed by atoms with Crippen LogP contribution < -0.4 is 5.32 Å². The number of aryl methyl sites for hydroxylation is 1. The van der Waals surface area contributed by atoms with E-state index in [0.29, 0.717) is 10.6 Å². The molecule has 1 fully saturated rings. The number of benzene rings is 1. The van der Waals surface area contributed by atoms with Gasteiger partial charge in [-0.1, -0.05) is 23.4 Å². The summed E-state index contributed by atoms with van der Waals surface area (Å²) in [6.07, 6.45) is 0.896. The molecule has 1 aliphatic heterocycles. The van der Waals surface area contributed by atoms with Gasteiger partial charge in [-0.2, -0.15) is 5.10 Å². The van der Waals surface area contributed by atoms with Crippen molar-refractivity contribution in [2.75, 3.05) is 0 Å². The molecule has 0 saturated carbocycles. The van der Waals surface area contributed by atoms with Crippen molar-refractivity contribution in [3.63, 3.8) is 0 Å². The van der Waals surface area contributed by atoms with Gasteiger partial charge < -0.3 is 10.4 Å². The molecule has 1 saturated heterocycles. The second-order valence-corrected chi connectivity index (χ2v) is 6.06. The third-order valence-electron chi connectivity index (χ3n) is 2.76. The molecular formula is C13H11ClFN3O3S. The highest BCUT2D eigenvalue weighted by Gasteiger charge is 2.32. The average Bonchev–Trinajstić information content (AvgIpc) is 2.75. The third-order valence-corrected chi connectivity index (χ3v) is 4.24. The molecule has 1 unspecified atom stereocenters. The molecule has 2 rings (SSSR count). The van der Waals surface area contributed by atoms with Gasteiger partial charge in [-0.05, 0) is 24.6 Å². The Kier molecular flexibility index (Phi) is 5.15. The maximum absolute atomic E-state index is 13.6. The van der Waals surface area contributed by atoms with Crippen LogP contribution in [0.1, 0.15) is 17.5 Å². The molecule has 9 heteroatoms. The Bertz CT molecular complexity index is 693. The van der Waals surface area contributed by atoms with E-state index in [1.807, 2.05) is 0 Å². The largest absolute Gasteiger partial charge is 0.481 e. The first-order valence-electron chi connectivity index (χ1n) is 6.13. The summed E-state index contributed by atoms with van der Waals surface area (Å²) in [5.74, 6) is -2.04. The van der Waals surface area contributed by atoms with Crippen LogP contribution in [-0.2, 0) is 9.59 Å². The van der Waals surface area contributed by atoms with Gasteiger partial charge in [-0.15, -0.1) is 5.10 Å². The smallest absolute Gasteiger partial charge is 0.305 e. The molecule has 0 radical (unpaired) electrons. The van der Waals surface area contributed by atoms with Gasteiger partial charge in [0, 0.05) is 10.6 Å². The normalized spacial score (nSPS) is 19.9. The molecule has 1 heterocycles. The maximum atomic E-state index is 13.6. The van der Waals surface area contributed by atoms with E-state index in [2.05, 4.69) is 15.5 Å². The molecule has 1 atom stereocenters. The summed E-state index contributed by atoms with van der Waals surface area (Å²) in [5, 5.41) is 18.3. The van der Waals surface area contributed by atoms with Crippen molar-refractivity contribution in [2.24, 2.45) is 10.2 Å². The highest BCUT2D eigenvalue weighted by atomic mass is 35.5. The third kappa shape index (κ3) is 4.05. The summed E-state index contributed by atoms with van der Waals surface area (Å²) in [4.78, 5) is 22.1. The van der Waals surface area contributed by atoms with E-state index >= 15 is 0 Å². The second kappa shape index (κ2) is 6.89. The van der Waals surface area contributed by atoms with E-state index in [0.717, 1.165) is 11.8 Å². The minimum absolute atomic E-state index is 0.179. The van der Waals surface area contributed by atoms with Crippen LogP contribution in [-0.4, -0.2) is 33.6 Å². The van der Waals surface area contributed by atoms with Crippen molar-refractivity contribution in [1.29, 1.82) is 0 Å². The number of carbonyl (C=O) groups excluding carboxylic acids is 1. The Morgan fingerprint density at radius 3 is 3.00 bits per heavy atom. The van der Waals surface area contributed by atoms with Crippen LogP contribution in [0.3, 0.4) is 0 Å². The van der Waals surface area contributed by atoms with Gasteiger partial charge in [-0.25, -0.2) is 4.39 Å². The number of amidine groups is 1. The first kappa shape index (κ1) is 16.4. The van der Waals surface area contributed by atoms with Crippen molar-refractivity contribution in [3.05, 3.63) is 34.1 Å². The molecule has 1 aromatic rings. The lowest BCUT2D eigenvalue weighted by Gasteiger charge is -2.00. The van der Waals surface area contributed by atoms with Crippen LogP contribution in [0.25, 0.3) is 0 Å². The monoisotopic (exact) mass is 343 g/mol. The van der Waals surface area contributed by atoms with Crippen LogP contribution in [0.15, 0.2) is 22.3 Å². The Morgan fingerprint density at radius 1 is 1.59 bits per heavy atom. The van der Waals surface area contributed by atoms with Gasteiger partial charge in [0.25, 0.3) is 0 Å². The summed E-state index contributed by atoms with van der Waals surface area (Å²) >= 11 is 6.76. The fraction of sp³-hybridized carbons (Fsp3) is 0.231. The number of hydrogen-bond acceptors (Lipinski definition) is 5. The quantitative estimate of drug-likeness (QED) is 0.647. The van der Waals surface area contributed by atoms with Crippen molar-refractivity contribution >= 4 is 46.6 Å². The first-order chi connectivity index (χ1) is 10.4. The number of halogens is 2. The number of nitrogens with one attached hydrogen (secondary N) is 1. The molecule has 22 heavy (non-hydrogen) atoms. The summed E-state index contributed by atoms with van der Waals surface area (Å²) in [6, 6.07) is 2.70. The zero-order valence-electron chi connectivity index (χ0n) is 11.3. The number of aliphatic carboxylic acids is 1. The SMILES string of the molecule is Cc1cc(C=NN=C2NC(=O)C(CC(=O)O)S2)c(F)cc1Cl. The van der Waals surface area contributed by atoms with Crippen molar-refractivity contribution in [3.8, 4) is 0 Å². The van der Waals surface area contributed by atoms with Gasteiger partial charge in [0.1, 0.15) is 11.1 Å². The van der Waals surface area contributed by atoms with Crippen LogP contribution >= 0.6 is 23.4 Å². The van der Waals surface area contributed by atoms with Gasteiger partial charge >= 0.3 is 5.97 Å². The first-order valence-corrected chi connectivity index (χ1v) is 7.38. The molecule has 1 aromatic carbocycles. The van der Waals surface area contributed by atoms with E-state index in [4.69, 9.17) is 16.7 Å². The molecule has 116 valence electrons. The number of amides is 1. The topological polar surface area (TPSA) is 91.1 Å². The predicted molar refractivity (Wildman–Crippen MR) is 83.0 cm³/mol. The molecule has 0 bridgehead atoms. The average molecular weight is 344 g/mol. The van der Waals surface area contributed by atoms with Crippen molar-refractivity contribution in [2.45, 2.75) is 18.6 Å². The minimum Gasteiger partial charge on any atom is -0.481 e. The van der Waals surface area contributed by atoms with E-state index in [1.54, 1.807) is 6.92 Å². The summed E-state index contributed by atoms with van der Waals surface area (Å²) in [5.41, 5.74) is 0.907. The van der Waals surface area contributed by atoms with E-state index in [9.17, 15) is 14.0 Å². The van der Waals surface area contributed by atoms with Gasteiger partial charge in [-0.3, -0.25) is 9.59 Å². The van der Waals surface area contributed by atoms with E-state index < -0.39 is 22.9 Å². The number of hydrogen-bond donors (Lipinski definition) is 2. The summed E-state index contributed by atoms with van der Waals surface area (Å²) in [7, 11) is 0. The Balaban J connectivity index is 2.08. The Labute approximate surface area is 134 Å². The molecule has 0 spiro atoms. The number of rotatable bonds is 4. The molecule has 1 aliphatic rings. The fourth-order valence-corrected chi connectivity index (χ4v) is 2.73. The maximum Gasteiger partial charge on any atom is 0.305 e. The second-order valence-electron chi connectivity index (χ2n) is 4.47. The number of carboxylic acids is 1. The number of nitrogens with zero attached hydrogens (tertiary/aromatic N) is 2. The van der Waals surface area contributed by atoms with Crippen LogP contribution in [0, 0.1) is 12.7 Å². The van der Waals surface area contributed by atoms with Gasteiger partial charge in [0.05, 0.1) is 12.6 Å². The number of carboxylic acid groups (broad SMARTS) is 1. The predicted octanol–water partition coefficient (Wildman–Crippen LogP) is 2.18. The molecular weight excluding hydrogens is 333 g/mol. The molecule has 0 aliphatic carbocycles. The zero-order chi connectivity index (χ0) is 16.3. The highest BCUT2D eigenvalue weighted by Crippen LogP contribution is 2.22. The highest BCUT2D eigenvalue weighted by molar-refractivity contribution is 8.15. The summed E-state index contributed by atoms with van der Waals surface area (Å²) in [6.45, 7) is 1.73. The molecule has 1 amide bonds. The van der Waals surface area contributed by atoms with Gasteiger partial charge in [0.15, 0.2) is 5.17 Å². The van der Waals surface area contributed by atoms with E-state index in [-0.39, 0.29) is 17.2 Å². The molecule has 0 aromatic heterocycles. The van der Waals surface area contributed by atoms with Crippen LogP contribution in [0.2, 0.25) is 5.02 Å². The van der Waals surface area contributed by atoms with Gasteiger partial charge in [0.2, 0.25) is 5.91 Å². The van der Waals surface area contributed by atoms with E-state index in [1.165, 1.54) is 18.3 Å². The minimum atomic E-state index is -1.07. The fourth-order valence-electron chi connectivity index (χ4n) is 1.67. The molecule has 2 N–H and O–H groups in total. The zero-order valence-corrected chi connectivity index (χ0v) is 12.9. The standard InChI is InChI=1S/C13H11ClFN3O3S/c1-6-2-7(9(15)3-8(6)14)5-16-18-13-17-12(21)10(22-13)4-11(19)20/h2-3,5,10H,4H2,1H3,(H,19,20)(H,17,18,21). The number of thioether (sulfide) groups is 1. The lowest BCUT2D eigenvalue weighted by molar-refractivity contribution is -0.138. The Hall–Kier alpha value is -1.93. The lowest BCUT2D eigenvalue weighted by atomic mass is 10.1. The van der Waals surface area contributed by atoms with Crippen molar-refractivity contribution in [1.82, 2.24) is 5.32 Å². The van der Waals surface area contributed by atoms with Crippen LogP contribution in [0.5, 0.6) is 0 Å². The van der Waals surface area contributed by atoms with Crippen LogP contribution in [0.4, 0.5) is 4.39 Å². The Morgan fingerprint density at radius 2 is 2.32 bits per heavy atom. The van der Waals surface area contributed by atoms with Crippen molar-refractivity contribution < 1.29 is 19.1 Å². The lowest BCUT2D eigenvalue weighted by Crippen LogP contribution is -2.26.